The number of rotatable bonds is 7. The first-order valence-electron chi connectivity index (χ1n) is 18.2. The fourth-order valence-corrected chi connectivity index (χ4v) is 8.07. The third-order valence-electron chi connectivity index (χ3n) is 9.38. The molecule has 0 fully saturated rings. The van der Waals surface area contributed by atoms with Crippen molar-refractivity contribution in [3.8, 4) is 23.0 Å². The number of anilines is 1. The fraction of sp³-hybridized carbons (Fsp3) is 0.349. The highest BCUT2D eigenvalue weighted by Crippen LogP contribution is 2.43. The third-order valence-corrected chi connectivity index (χ3v) is 10.3. The predicted octanol–water partition coefficient (Wildman–Crippen LogP) is 9.02. The second-order valence-electron chi connectivity index (χ2n) is 15.3. The van der Waals surface area contributed by atoms with Crippen LogP contribution in [0.3, 0.4) is 0 Å². The molecule has 0 bridgehead atoms. The van der Waals surface area contributed by atoms with Crippen molar-refractivity contribution in [2.45, 2.75) is 85.4 Å². The maximum Gasteiger partial charge on any atom is 0.264 e. The van der Waals surface area contributed by atoms with Crippen LogP contribution in [-0.2, 0) is 28.9 Å². The zero-order valence-corrected chi connectivity index (χ0v) is 32.7. The first-order chi connectivity index (χ1) is 25.7. The quantitative estimate of drug-likeness (QED) is 0.170. The van der Waals surface area contributed by atoms with Crippen LogP contribution in [-0.4, -0.2) is 47.0 Å². The molecule has 3 aliphatic heterocycles. The Balaban J connectivity index is 0.000000207. The number of para-hydroxylation sites is 3. The normalized spacial score (nSPS) is 15.6. The smallest absolute Gasteiger partial charge is 0.264 e. The van der Waals surface area contributed by atoms with Gasteiger partial charge < -0.3 is 24.3 Å². The average molecular weight is 751 g/mol. The van der Waals surface area contributed by atoms with Gasteiger partial charge in [-0.25, -0.2) is 9.98 Å². The lowest BCUT2D eigenvalue weighted by atomic mass is 9.98. The molecular weight excluding hydrogens is 701 g/mol. The van der Waals surface area contributed by atoms with Crippen molar-refractivity contribution in [3.63, 3.8) is 0 Å². The molecule has 2 amide bonds. The number of nitrogens with zero attached hydrogens (tertiary/aromatic N) is 2. The number of carbonyl (C=O) groups is 2. The van der Waals surface area contributed by atoms with Gasteiger partial charge in [-0.05, 0) is 89.8 Å². The van der Waals surface area contributed by atoms with E-state index in [0.29, 0.717) is 22.5 Å². The van der Waals surface area contributed by atoms with Crippen LogP contribution >= 0.6 is 11.3 Å². The van der Waals surface area contributed by atoms with Gasteiger partial charge in [-0.3, -0.25) is 14.9 Å². The van der Waals surface area contributed by atoms with Crippen LogP contribution in [0, 0.1) is 20.8 Å². The van der Waals surface area contributed by atoms with Gasteiger partial charge in [0.25, 0.3) is 11.8 Å². The highest BCUT2D eigenvalue weighted by molar-refractivity contribution is 7.22. The molecule has 0 aliphatic carbocycles. The van der Waals surface area contributed by atoms with Crippen molar-refractivity contribution in [1.82, 2.24) is 10.3 Å². The Kier molecular flexibility index (Phi) is 10.1. The molecule has 0 spiro atoms. The number of hydrogen-bond acceptors (Lipinski definition) is 9. The van der Waals surface area contributed by atoms with Crippen molar-refractivity contribution in [2.24, 2.45) is 4.99 Å². The summed E-state index contributed by atoms with van der Waals surface area (Å²) < 4.78 is 24.5. The van der Waals surface area contributed by atoms with E-state index in [-0.39, 0.29) is 39.1 Å². The molecule has 11 heteroatoms. The lowest BCUT2D eigenvalue weighted by molar-refractivity contribution is -0.121. The van der Waals surface area contributed by atoms with E-state index in [1.54, 1.807) is 0 Å². The summed E-state index contributed by atoms with van der Waals surface area (Å²) in [5.41, 5.74) is 8.34. The van der Waals surface area contributed by atoms with Gasteiger partial charge in [-0.15, -0.1) is 0 Å². The molecule has 5 aromatic rings. The molecule has 2 N–H and O–H groups in total. The highest BCUT2D eigenvalue weighted by Gasteiger charge is 2.33. The number of carbonyl (C=O) groups excluding carboxylic acids is 2. The molecule has 8 rings (SSSR count). The molecule has 0 unspecified atom stereocenters. The molecule has 4 aromatic carbocycles. The second-order valence-corrected chi connectivity index (χ2v) is 16.4. The molecule has 1 aromatic heterocycles. The van der Waals surface area contributed by atoms with Gasteiger partial charge in [0.05, 0.1) is 15.9 Å². The minimum atomic E-state index is -0.247. The van der Waals surface area contributed by atoms with Crippen molar-refractivity contribution >= 4 is 50.0 Å². The number of aryl methyl sites for hydroxylation is 4. The molecule has 4 heterocycles. The molecule has 3 aliphatic rings. The Bertz CT molecular complexity index is 2300. The number of thiazole rings is 1. The van der Waals surface area contributed by atoms with Gasteiger partial charge in [-0.2, -0.15) is 0 Å². The number of fused-ring (bicyclic) bond motifs is 4. The van der Waals surface area contributed by atoms with Gasteiger partial charge in [-0.1, -0.05) is 65.4 Å². The average Bonchev–Trinajstić information content (AvgIpc) is 3.77. The van der Waals surface area contributed by atoms with Crippen molar-refractivity contribution in [3.05, 3.63) is 100 Å². The van der Waals surface area contributed by atoms with Crippen LogP contribution in [0.15, 0.2) is 71.7 Å². The molecule has 0 atom stereocenters. The summed E-state index contributed by atoms with van der Waals surface area (Å²) in [5.74, 6) is 2.95. The molecule has 54 heavy (non-hydrogen) atoms. The predicted molar refractivity (Wildman–Crippen MR) is 217 cm³/mol. The van der Waals surface area contributed by atoms with E-state index in [0.717, 1.165) is 75.3 Å². The maximum absolute atomic E-state index is 12.4. The zero-order valence-electron chi connectivity index (χ0n) is 31.8. The third kappa shape index (κ3) is 8.36. The van der Waals surface area contributed by atoms with Crippen molar-refractivity contribution in [2.75, 3.05) is 18.5 Å². The van der Waals surface area contributed by atoms with Gasteiger partial charge in [0, 0.05) is 33.2 Å². The Morgan fingerprint density at radius 3 is 1.96 bits per heavy atom. The Morgan fingerprint density at radius 1 is 0.759 bits per heavy atom. The SMILES string of the molecule is Cc1cc(C)c2c(c1)CCC(NC(=O)COc1cccc3c1OC(C)(C)C3)=N2.Cc1cccc2sc(NC(=O)COc3cccc4c3OC(C)(C)C4)nc12.[HH].[HH]. The Morgan fingerprint density at radius 2 is 1.35 bits per heavy atom. The summed E-state index contributed by atoms with van der Waals surface area (Å²) in [6.07, 6.45) is 3.27. The molecule has 284 valence electrons. The molecule has 0 saturated carbocycles. The fourth-order valence-electron chi connectivity index (χ4n) is 7.11. The number of amidine groups is 1. The van der Waals surface area contributed by atoms with Crippen LogP contribution in [0.5, 0.6) is 23.0 Å². The highest BCUT2D eigenvalue weighted by atomic mass is 32.1. The topological polar surface area (TPSA) is 120 Å². The van der Waals surface area contributed by atoms with Gasteiger partial charge in [0.2, 0.25) is 0 Å². The number of nitrogens with one attached hydrogen (secondary N) is 2. The number of aromatic nitrogens is 1. The van der Waals surface area contributed by atoms with E-state index in [9.17, 15) is 9.59 Å². The summed E-state index contributed by atoms with van der Waals surface area (Å²) in [6, 6.07) is 21.9. The van der Waals surface area contributed by atoms with Crippen molar-refractivity contribution in [1.29, 1.82) is 0 Å². The zero-order chi connectivity index (χ0) is 38.2. The summed E-state index contributed by atoms with van der Waals surface area (Å²) in [7, 11) is 0. The second kappa shape index (κ2) is 14.8. The van der Waals surface area contributed by atoms with Crippen LogP contribution in [0.2, 0.25) is 0 Å². The Labute approximate surface area is 322 Å². The standard InChI is InChI=1S/C23H26N2O3.C20H20N2O3S.2H2/c1-14-10-15(2)21-16(11-14)8-9-19(25-21)24-20(26)13-27-18-7-5-6-17-12-23(3,4)28-22(17)18;1-12-6-4-9-15-17(12)22-19(26-15)21-16(23)11-24-14-8-5-7-13-10-20(2,3)25-18(13)14;;/h5-7,10-11H,8-9,12-13H2,1-4H3,(H,24,25,26);4-9H,10-11H2,1-3H3,(H,21,22,23);2*1H. The number of benzene rings is 4. The minimum Gasteiger partial charge on any atom is -0.483 e. The van der Waals surface area contributed by atoms with Crippen LogP contribution in [0.25, 0.3) is 10.2 Å². The summed E-state index contributed by atoms with van der Waals surface area (Å²) in [4.78, 5) is 33.8. The number of amides is 2. The Hall–Kier alpha value is -5.42. The minimum absolute atomic E-state index is 0. The van der Waals surface area contributed by atoms with E-state index < -0.39 is 0 Å². The molecule has 10 nitrogen and oxygen atoms in total. The first-order valence-corrected chi connectivity index (χ1v) is 19.0. The molecule has 0 saturated heterocycles. The van der Waals surface area contributed by atoms with Crippen molar-refractivity contribution < 1.29 is 31.4 Å². The lowest BCUT2D eigenvalue weighted by Gasteiger charge is -2.19. The number of hydrogen-bond donors (Lipinski definition) is 2. The summed E-state index contributed by atoms with van der Waals surface area (Å²) in [6.45, 7) is 14.2. The first kappa shape index (κ1) is 36.9. The van der Waals surface area contributed by atoms with Gasteiger partial charge in [0.1, 0.15) is 17.0 Å². The maximum atomic E-state index is 12.4. The van der Waals surface area contributed by atoms with Crippen LogP contribution in [0.1, 0.15) is 70.3 Å². The van der Waals surface area contributed by atoms with E-state index >= 15 is 0 Å². The largest absolute Gasteiger partial charge is 0.483 e. The summed E-state index contributed by atoms with van der Waals surface area (Å²) in [5, 5.41) is 6.30. The number of ether oxygens (including phenoxy) is 4. The summed E-state index contributed by atoms with van der Waals surface area (Å²) >= 11 is 1.46. The van der Waals surface area contributed by atoms with E-state index in [1.165, 1.54) is 22.5 Å². The van der Waals surface area contributed by atoms with E-state index in [1.807, 2.05) is 89.2 Å². The molecule has 0 radical (unpaired) electrons. The van der Waals surface area contributed by atoms with Crippen LogP contribution < -0.4 is 29.6 Å². The molecular formula is C43H50N4O6S. The van der Waals surface area contributed by atoms with E-state index in [4.69, 9.17) is 18.9 Å². The van der Waals surface area contributed by atoms with Gasteiger partial charge in [0.15, 0.2) is 41.3 Å². The van der Waals surface area contributed by atoms with Gasteiger partial charge >= 0.3 is 0 Å². The van der Waals surface area contributed by atoms with Crippen LogP contribution in [0.4, 0.5) is 10.8 Å². The number of aliphatic imine (C=N–C) groups is 1. The monoisotopic (exact) mass is 750 g/mol. The van der Waals surface area contributed by atoms with E-state index in [2.05, 4.69) is 46.6 Å². The lowest BCUT2D eigenvalue weighted by Crippen LogP contribution is -2.35.